The average molecular weight is 238 g/mol. The molecule has 0 radical (unpaired) electrons. The van der Waals surface area contributed by atoms with E-state index in [1.807, 2.05) is 0 Å². The van der Waals surface area contributed by atoms with Crippen molar-refractivity contribution in [2.24, 2.45) is 5.92 Å². The monoisotopic (exact) mass is 238 g/mol. The van der Waals surface area contributed by atoms with Crippen LogP contribution in [0.3, 0.4) is 0 Å². The van der Waals surface area contributed by atoms with Gasteiger partial charge in [0.2, 0.25) is 0 Å². The van der Waals surface area contributed by atoms with E-state index >= 15 is 0 Å². The number of para-hydroxylation sites is 2. The van der Waals surface area contributed by atoms with Crippen LogP contribution < -0.4 is 5.32 Å². The first-order valence-corrected chi connectivity index (χ1v) is 5.16. The van der Waals surface area contributed by atoms with Gasteiger partial charge in [0.05, 0.1) is 10.8 Å². The van der Waals surface area contributed by atoms with E-state index in [1.54, 1.807) is 32.0 Å². The van der Waals surface area contributed by atoms with Crippen LogP contribution in [-0.4, -0.2) is 22.0 Å². The summed E-state index contributed by atoms with van der Waals surface area (Å²) in [5.74, 6) is -1.57. The average Bonchev–Trinajstić information content (AvgIpc) is 2.28. The number of rotatable bonds is 5. The summed E-state index contributed by atoms with van der Waals surface area (Å²) in [7, 11) is 0. The molecule has 0 fully saturated rings. The highest BCUT2D eigenvalue weighted by atomic mass is 16.6. The number of nitrogens with zero attached hydrogens (tertiary/aromatic N) is 1. The van der Waals surface area contributed by atoms with Gasteiger partial charge < -0.3 is 10.4 Å². The van der Waals surface area contributed by atoms with Crippen LogP contribution in [0.2, 0.25) is 0 Å². The van der Waals surface area contributed by atoms with Crippen molar-refractivity contribution < 1.29 is 14.8 Å². The molecule has 2 unspecified atom stereocenters. The lowest BCUT2D eigenvalue weighted by Crippen LogP contribution is -2.29. The van der Waals surface area contributed by atoms with Gasteiger partial charge in [0, 0.05) is 12.1 Å². The molecule has 0 saturated heterocycles. The van der Waals surface area contributed by atoms with E-state index in [0.717, 1.165) is 0 Å². The van der Waals surface area contributed by atoms with Gasteiger partial charge in [0.15, 0.2) is 0 Å². The number of hydrogen-bond acceptors (Lipinski definition) is 4. The Morgan fingerprint density at radius 2 is 2.00 bits per heavy atom. The van der Waals surface area contributed by atoms with Gasteiger partial charge in [-0.2, -0.15) is 0 Å². The van der Waals surface area contributed by atoms with Crippen LogP contribution in [0.4, 0.5) is 11.4 Å². The number of benzene rings is 1. The molecule has 1 aromatic rings. The number of anilines is 1. The third-order valence-corrected chi connectivity index (χ3v) is 2.62. The first kappa shape index (κ1) is 13.0. The third kappa shape index (κ3) is 3.17. The van der Waals surface area contributed by atoms with Crippen LogP contribution in [0.25, 0.3) is 0 Å². The van der Waals surface area contributed by atoms with Crippen LogP contribution in [0, 0.1) is 16.0 Å². The first-order valence-electron chi connectivity index (χ1n) is 5.16. The van der Waals surface area contributed by atoms with E-state index in [1.165, 1.54) is 6.07 Å². The summed E-state index contributed by atoms with van der Waals surface area (Å²) >= 11 is 0. The van der Waals surface area contributed by atoms with Gasteiger partial charge in [-0.1, -0.05) is 12.1 Å². The van der Waals surface area contributed by atoms with Gasteiger partial charge in [-0.3, -0.25) is 14.9 Å². The Labute approximate surface area is 98.4 Å². The topological polar surface area (TPSA) is 92.5 Å². The molecule has 6 nitrogen and oxygen atoms in total. The van der Waals surface area contributed by atoms with Crippen molar-refractivity contribution >= 4 is 17.3 Å². The summed E-state index contributed by atoms with van der Waals surface area (Å²) in [5, 5.41) is 22.4. The lowest BCUT2D eigenvalue weighted by molar-refractivity contribution is -0.384. The predicted octanol–water partition coefficient (Wildman–Crippen LogP) is 2.12. The lowest BCUT2D eigenvalue weighted by atomic mass is 10.0. The SMILES string of the molecule is CC(Nc1ccccc1[N+](=O)[O-])C(C)C(=O)O. The Hall–Kier alpha value is -2.11. The fourth-order valence-corrected chi connectivity index (χ4v) is 1.34. The number of carboxylic acid groups (broad SMARTS) is 1. The van der Waals surface area contributed by atoms with E-state index in [2.05, 4.69) is 5.32 Å². The molecular formula is C11H14N2O4. The number of carbonyl (C=O) groups is 1. The predicted molar refractivity (Wildman–Crippen MR) is 63.0 cm³/mol. The Morgan fingerprint density at radius 1 is 1.41 bits per heavy atom. The number of nitro groups is 1. The number of aliphatic carboxylic acids is 1. The molecule has 0 aliphatic carbocycles. The summed E-state index contributed by atoms with van der Waals surface area (Å²) in [6.45, 7) is 3.23. The Kier molecular flexibility index (Phi) is 4.03. The molecule has 2 N–H and O–H groups in total. The maximum atomic E-state index is 10.8. The van der Waals surface area contributed by atoms with E-state index in [9.17, 15) is 14.9 Å². The van der Waals surface area contributed by atoms with Gasteiger partial charge in [0.1, 0.15) is 5.69 Å². The second-order valence-corrected chi connectivity index (χ2v) is 3.83. The summed E-state index contributed by atoms with van der Waals surface area (Å²) in [6, 6.07) is 5.76. The molecule has 1 aromatic carbocycles. The van der Waals surface area contributed by atoms with Gasteiger partial charge >= 0.3 is 5.97 Å². The van der Waals surface area contributed by atoms with Crippen molar-refractivity contribution in [2.45, 2.75) is 19.9 Å². The lowest BCUT2D eigenvalue weighted by Gasteiger charge is -2.18. The van der Waals surface area contributed by atoms with Crippen LogP contribution in [0.5, 0.6) is 0 Å². The first-order chi connectivity index (χ1) is 7.93. The van der Waals surface area contributed by atoms with E-state index in [0.29, 0.717) is 5.69 Å². The second-order valence-electron chi connectivity index (χ2n) is 3.83. The number of nitrogens with one attached hydrogen (secondary N) is 1. The minimum absolute atomic E-state index is 0.0584. The highest BCUT2D eigenvalue weighted by molar-refractivity contribution is 5.71. The van der Waals surface area contributed by atoms with Crippen molar-refractivity contribution in [1.82, 2.24) is 0 Å². The zero-order valence-electron chi connectivity index (χ0n) is 9.58. The molecule has 6 heteroatoms. The quantitative estimate of drug-likeness (QED) is 0.605. The Balaban J connectivity index is 2.88. The normalized spacial score (nSPS) is 13.8. The van der Waals surface area contributed by atoms with Crippen molar-refractivity contribution in [3.8, 4) is 0 Å². The summed E-state index contributed by atoms with van der Waals surface area (Å²) in [4.78, 5) is 21.0. The molecule has 17 heavy (non-hydrogen) atoms. The van der Waals surface area contributed by atoms with Crippen molar-refractivity contribution in [2.75, 3.05) is 5.32 Å². The number of nitro benzene ring substituents is 1. The van der Waals surface area contributed by atoms with E-state index in [4.69, 9.17) is 5.11 Å². The van der Waals surface area contributed by atoms with E-state index in [-0.39, 0.29) is 5.69 Å². The van der Waals surface area contributed by atoms with Crippen LogP contribution in [0.15, 0.2) is 24.3 Å². The van der Waals surface area contributed by atoms with Crippen LogP contribution >= 0.6 is 0 Å². The van der Waals surface area contributed by atoms with Gasteiger partial charge in [-0.15, -0.1) is 0 Å². The fourth-order valence-electron chi connectivity index (χ4n) is 1.34. The molecule has 1 rings (SSSR count). The standard InChI is InChI=1S/C11H14N2O4/c1-7(11(14)15)8(2)12-9-5-3-4-6-10(9)13(16)17/h3-8,12H,1-2H3,(H,14,15). The van der Waals surface area contributed by atoms with Gasteiger partial charge in [-0.05, 0) is 19.9 Å². The maximum Gasteiger partial charge on any atom is 0.308 e. The molecule has 0 aliphatic rings. The number of carboxylic acids is 1. The molecule has 0 saturated carbocycles. The molecule has 2 atom stereocenters. The minimum atomic E-state index is -0.941. The Morgan fingerprint density at radius 3 is 2.53 bits per heavy atom. The maximum absolute atomic E-state index is 10.8. The van der Waals surface area contributed by atoms with Crippen molar-refractivity contribution in [3.05, 3.63) is 34.4 Å². The molecule has 0 amide bonds. The molecule has 0 spiro atoms. The van der Waals surface area contributed by atoms with Gasteiger partial charge in [-0.25, -0.2) is 0 Å². The highest BCUT2D eigenvalue weighted by Gasteiger charge is 2.21. The molecule has 0 bridgehead atoms. The number of hydrogen-bond donors (Lipinski definition) is 2. The zero-order valence-corrected chi connectivity index (χ0v) is 9.58. The fraction of sp³-hybridized carbons (Fsp3) is 0.364. The van der Waals surface area contributed by atoms with Gasteiger partial charge in [0.25, 0.3) is 5.69 Å². The largest absolute Gasteiger partial charge is 0.481 e. The van der Waals surface area contributed by atoms with Crippen molar-refractivity contribution in [3.63, 3.8) is 0 Å². The highest BCUT2D eigenvalue weighted by Crippen LogP contribution is 2.25. The van der Waals surface area contributed by atoms with Crippen LogP contribution in [0.1, 0.15) is 13.8 Å². The van der Waals surface area contributed by atoms with Crippen molar-refractivity contribution in [1.29, 1.82) is 0 Å². The summed E-state index contributed by atoms with van der Waals surface area (Å²) in [5.41, 5.74) is 0.273. The molecule has 0 aliphatic heterocycles. The summed E-state index contributed by atoms with van der Waals surface area (Å²) in [6.07, 6.45) is 0. The Bertz CT molecular complexity index is 433. The minimum Gasteiger partial charge on any atom is -0.481 e. The molecule has 0 aromatic heterocycles. The summed E-state index contributed by atoms with van der Waals surface area (Å²) < 4.78 is 0. The smallest absolute Gasteiger partial charge is 0.308 e. The van der Waals surface area contributed by atoms with Crippen LogP contribution in [-0.2, 0) is 4.79 Å². The molecule has 92 valence electrons. The zero-order chi connectivity index (χ0) is 13.0. The molecule has 0 heterocycles. The third-order valence-electron chi connectivity index (χ3n) is 2.62. The molecular weight excluding hydrogens is 224 g/mol. The second kappa shape index (κ2) is 5.29. The van der Waals surface area contributed by atoms with E-state index < -0.39 is 22.9 Å².